The van der Waals surface area contributed by atoms with E-state index in [0.29, 0.717) is 11.8 Å². The Bertz CT molecular complexity index is 514. The fourth-order valence-corrected chi connectivity index (χ4v) is 2.91. The first kappa shape index (κ1) is 27.1. The second kappa shape index (κ2) is 12.3. The van der Waals surface area contributed by atoms with Crippen molar-refractivity contribution >= 4 is 78.6 Å². The molecule has 1 saturated heterocycles. The summed E-state index contributed by atoms with van der Waals surface area (Å²) >= 11 is 0.688. The van der Waals surface area contributed by atoms with Crippen molar-refractivity contribution in [1.82, 2.24) is 0 Å². The van der Waals surface area contributed by atoms with Crippen LogP contribution >= 0.6 is 11.8 Å². The number of thioether (sulfide) groups is 1. The first-order valence-corrected chi connectivity index (χ1v) is 8.25. The Kier molecular flexibility index (Phi) is 13.9. The first-order chi connectivity index (χ1) is 10.2. The molecule has 0 saturated carbocycles. The zero-order chi connectivity index (χ0) is 16.9. The number of aliphatic hydroxyl groups is 4. The van der Waals surface area contributed by atoms with Gasteiger partial charge in [0.1, 0.15) is 34.9 Å². The largest absolute Gasteiger partial charge is 0.466 e. The number of hydrogen-bond acceptors (Lipinski definition) is 10. The van der Waals surface area contributed by atoms with Gasteiger partial charge in [0.15, 0.2) is 0 Å². The molecule has 0 aliphatic carbocycles. The maximum Gasteiger partial charge on any atom is 0.466 e. The number of allylic oxidation sites excluding steroid dienone is 1. The third kappa shape index (κ3) is 8.50. The van der Waals surface area contributed by atoms with Crippen molar-refractivity contribution in [3.8, 4) is 0 Å². The summed E-state index contributed by atoms with van der Waals surface area (Å²) in [4.78, 5) is 0. The van der Waals surface area contributed by atoms with E-state index in [1.165, 1.54) is 6.08 Å². The van der Waals surface area contributed by atoms with Gasteiger partial charge in [-0.15, -0.1) is 6.58 Å². The van der Waals surface area contributed by atoms with Crippen molar-refractivity contribution < 1.29 is 47.9 Å². The fraction of sp³-hybridized carbons (Fsp3) is 0.700. The molecule has 11 nitrogen and oxygen atoms in total. The smallest absolute Gasteiger partial charge is 0.412 e. The van der Waals surface area contributed by atoms with Crippen LogP contribution in [0.2, 0.25) is 0 Å². The Hall–Kier alpha value is 0.866. The summed E-state index contributed by atoms with van der Waals surface area (Å²) in [7, 11) is -4.79. The molecule has 0 spiro atoms. The predicted molar refractivity (Wildman–Crippen MR) is 85.6 cm³/mol. The van der Waals surface area contributed by atoms with Crippen LogP contribution in [0.1, 0.15) is 6.42 Å². The van der Waals surface area contributed by atoms with Crippen molar-refractivity contribution in [3.63, 3.8) is 0 Å². The van der Waals surface area contributed by atoms with Crippen molar-refractivity contribution in [3.05, 3.63) is 12.7 Å². The van der Waals surface area contributed by atoms with E-state index >= 15 is 0 Å². The minimum Gasteiger partial charge on any atom is -0.412 e. The van der Waals surface area contributed by atoms with E-state index < -0.39 is 46.9 Å². The standard InChI is InChI=1S/C10H17NO9S2.K.H2O/c1-2-3-6(11-20-22(16,17)18)21-10-9(15)8(14)7(13)5(4-12)19-10;;/h2,5,7-10,12-15H,1,3-4H2,(H,16,17,18);;1H2/b11-6-;;/t5-,7-,8+,9-,10+;;/m1../s1. The quantitative estimate of drug-likeness (QED) is 0.0743. The molecule has 137 valence electrons. The van der Waals surface area contributed by atoms with Crippen molar-refractivity contribution in [2.75, 3.05) is 6.61 Å². The summed E-state index contributed by atoms with van der Waals surface area (Å²) in [5.74, 6) is 0. The summed E-state index contributed by atoms with van der Waals surface area (Å²) < 4.78 is 38.5. The van der Waals surface area contributed by atoms with Gasteiger partial charge in [0.25, 0.3) is 0 Å². The number of ether oxygens (including phenoxy) is 1. The number of rotatable bonds is 6. The number of nitrogens with zero attached hydrogens (tertiary/aromatic N) is 1. The van der Waals surface area contributed by atoms with E-state index in [-0.39, 0.29) is 68.3 Å². The van der Waals surface area contributed by atoms with Gasteiger partial charge in [-0.2, -0.15) is 8.42 Å². The molecule has 1 heterocycles. The fourth-order valence-electron chi connectivity index (χ4n) is 1.62. The minimum absolute atomic E-state index is 0. The molecule has 0 aromatic heterocycles. The van der Waals surface area contributed by atoms with E-state index in [1.807, 2.05) is 0 Å². The van der Waals surface area contributed by atoms with Crippen LogP contribution in [0.4, 0.5) is 0 Å². The van der Waals surface area contributed by atoms with E-state index in [9.17, 15) is 23.7 Å². The normalized spacial score (nSPS) is 30.7. The monoisotopic (exact) mass is 416 g/mol. The molecular weight excluding hydrogens is 397 g/mol. The Balaban J connectivity index is 0. The van der Waals surface area contributed by atoms with E-state index in [0.717, 1.165) is 0 Å². The van der Waals surface area contributed by atoms with Crippen LogP contribution in [0.3, 0.4) is 0 Å². The van der Waals surface area contributed by atoms with Gasteiger partial charge < -0.3 is 30.6 Å². The Morgan fingerprint density at radius 3 is 2.33 bits per heavy atom. The third-order valence-electron chi connectivity index (χ3n) is 2.65. The molecule has 0 aromatic carbocycles. The summed E-state index contributed by atoms with van der Waals surface area (Å²) in [6, 6.07) is 0. The molecule has 1 rings (SSSR count). The molecule has 7 N–H and O–H groups in total. The van der Waals surface area contributed by atoms with Gasteiger partial charge in [0.05, 0.1) is 6.61 Å². The van der Waals surface area contributed by atoms with Gasteiger partial charge in [-0.05, 0) is 0 Å². The van der Waals surface area contributed by atoms with E-state index in [1.54, 1.807) is 0 Å². The topological polar surface area (TPSA) is 198 Å². The molecular formula is C10H19KNO10S2. The predicted octanol–water partition coefficient (Wildman–Crippen LogP) is -2.98. The first-order valence-electron chi connectivity index (χ1n) is 6.00. The summed E-state index contributed by atoms with van der Waals surface area (Å²) in [6.07, 6.45) is -4.34. The number of aliphatic hydroxyl groups excluding tert-OH is 4. The summed E-state index contributed by atoms with van der Waals surface area (Å²) in [5, 5.41) is 41.3. The molecule has 5 atom stereocenters. The number of oxime groups is 1. The van der Waals surface area contributed by atoms with Crippen LogP contribution in [0.25, 0.3) is 0 Å². The van der Waals surface area contributed by atoms with Crippen LogP contribution in [0.5, 0.6) is 0 Å². The second-order valence-electron chi connectivity index (χ2n) is 4.30. The SMILES string of the molecule is C=CC/C(=N/OS(=O)(=O)O)S[C@@H]1O[C@H](CO)[C@@H](O)[C@H](O)[C@H]1O.O.[K]. The summed E-state index contributed by atoms with van der Waals surface area (Å²) in [6.45, 7) is 2.82. The molecule has 0 aromatic rings. The molecule has 0 amide bonds. The maximum absolute atomic E-state index is 10.5. The Morgan fingerprint density at radius 2 is 1.88 bits per heavy atom. The van der Waals surface area contributed by atoms with Crippen LogP contribution in [0.15, 0.2) is 17.8 Å². The maximum atomic E-state index is 10.5. The van der Waals surface area contributed by atoms with Crippen LogP contribution in [-0.2, 0) is 19.4 Å². The second-order valence-corrected chi connectivity index (χ2v) is 6.47. The summed E-state index contributed by atoms with van der Waals surface area (Å²) in [5.41, 5.74) is -1.15. The molecule has 24 heavy (non-hydrogen) atoms. The minimum atomic E-state index is -4.79. The van der Waals surface area contributed by atoms with Gasteiger partial charge in [0.2, 0.25) is 0 Å². The van der Waals surface area contributed by atoms with Crippen molar-refractivity contribution in [2.45, 2.75) is 36.3 Å². The Labute approximate surface area is 185 Å². The van der Waals surface area contributed by atoms with Crippen LogP contribution in [-0.4, -0.2) is 132 Å². The zero-order valence-corrected chi connectivity index (χ0v) is 17.5. The van der Waals surface area contributed by atoms with Crippen LogP contribution in [0, 0.1) is 0 Å². The van der Waals surface area contributed by atoms with Gasteiger partial charge in [0, 0.05) is 57.8 Å². The van der Waals surface area contributed by atoms with Crippen molar-refractivity contribution in [2.24, 2.45) is 5.16 Å². The molecule has 0 bridgehead atoms. The van der Waals surface area contributed by atoms with Gasteiger partial charge >= 0.3 is 10.4 Å². The number of hydrogen-bond donors (Lipinski definition) is 5. The molecule has 1 fully saturated rings. The molecule has 0 unspecified atom stereocenters. The van der Waals surface area contributed by atoms with Gasteiger partial charge in [-0.25, -0.2) is 4.28 Å². The van der Waals surface area contributed by atoms with Crippen LogP contribution < -0.4 is 0 Å². The third-order valence-corrected chi connectivity index (χ3v) is 4.05. The average molecular weight is 416 g/mol. The molecule has 14 heteroatoms. The zero-order valence-electron chi connectivity index (χ0n) is 12.7. The molecule has 1 radical (unpaired) electrons. The Morgan fingerprint density at radius 1 is 1.29 bits per heavy atom. The van der Waals surface area contributed by atoms with Gasteiger partial charge in [-0.1, -0.05) is 23.0 Å². The van der Waals surface area contributed by atoms with Gasteiger partial charge in [-0.3, -0.25) is 4.55 Å². The average Bonchev–Trinajstić information content (AvgIpc) is 2.44. The van der Waals surface area contributed by atoms with E-state index in [4.69, 9.17) is 14.4 Å². The van der Waals surface area contributed by atoms with Crippen molar-refractivity contribution in [1.29, 1.82) is 0 Å². The molecule has 1 aliphatic rings. The molecule has 1 aliphatic heterocycles. The van der Waals surface area contributed by atoms with E-state index in [2.05, 4.69) is 16.0 Å².